The van der Waals surface area contributed by atoms with Gasteiger partial charge in [0.25, 0.3) is 0 Å². The molecule has 0 atom stereocenters. The summed E-state index contributed by atoms with van der Waals surface area (Å²) in [5.41, 5.74) is 8.98. The van der Waals surface area contributed by atoms with Gasteiger partial charge in [0.05, 0.1) is 12.7 Å². The first-order valence-electron chi connectivity index (χ1n) is 5.66. The lowest BCUT2D eigenvalue weighted by Gasteiger charge is -2.04. The second-order valence-corrected chi connectivity index (χ2v) is 4.50. The van der Waals surface area contributed by atoms with E-state index in [9.17, 15) is 0 Å². The van der Waals surface area contributed by atoms with Crippen molar-refractivity contribution in [3.8, 4) is 0 Å². The smallest absolute Gasteiger partial charge is 0.130 e. The molecule has 0 amide bonds. The number of halogens is 1. The maximum atomic E-state index is 6.23. The summed E-state index contributed by atoms with van der Waals surface area (Å²) in [5, 5.41) is 4.97. The number of hydrogen-bond donors (Lipinski definition) is 1. The van der Waals surface area contributed by atoms with Gasteiger partial charge in [-0.25, -0.2) is 4.68 Å². The Morgan fingerprint density at radius 3 is 2.65 bits per heavy atom. The Morgan fingerprint density at radius 2 is 2.00 bits per heavy atom. The lowest BCUT2D eigenvalue weighted by Crippen LogP contribution is -2.04. The number of hydrogen-bond acceptors (Lipinski definition) is 2. The van der Waals surface area contributed by atoms with Crippen molar-refractivity contribution in [3.63, 3.8) is 0 Å². The molecule has 0 saturated heterocycles. The number of rotatable bonds is 4. The number of nitrogens with zero attached hydrogens (tertiary/aromatic N) is 2. The van der Waals surface area contributed by atoms with Crippen molar-refractivity contribution < 1.29 is 0 Å². The van der Waals surface area contributed by atoms with Gasteiger partial charge in [-0.15, -0.1) is 0 Å². The molecule has 0 aliphatic rings. The maximum absolute atomic E-state index is 6.23. The zero-order valence-electron chi connectivity index (χ0n) is 9.86. The largest absolute Gasteiger partial charge is 0.330 e. The van der Waals surface area contributed by atoms with Gasteiger partial charge in [0.2, 0.25) is 0 Å². The number of aryl methyl sites for hydroxylation is 1. The summed E-state index contributed by atoms with van der Waals surface area (Å²) in [6.07, 6.45) is 2.57. The third kappa shape index (κ3) is 2.87. The summed E-state index contributed by atoms with van der Waals surface area (Å²) < 4.78 is 1.80. The van der Waals surface area contributed by atoms with Crippen LogP contribution in [0.25, 0.3) is 0 Å². The van der Waals surface area contributed by atoms with Crippen molar-refractivity contribution in [2.75, 3.05) is 6.54 Å². The summed E-state index contributed by atoms with van der Waals surface area (Å²) in [6.45, 7) is 3.36. The SMILES string of the molecule is Cc1ccc(Cn2ncc(CCN)c2Cl)cc1. The molecule has 2 N–H and O–H groups in total. The van der Waals surface area contributed by atoms with Crippen LogP contribution in [0.1, 0.15) is 16.7 Å². The van der Waals surface area contributed by atoms with Gasteiger partial charge >= 0.3 is 0 Å². The van der Waals surface area contributed by atoms with Crippen molar-refractivity contribution in [3.05, 3.63) is 52.3 Å². The lowest BCUT2D eigenvalue weighted by molar-refractivity contribution is 0.687. The first kappa shape index (κ1) is 12.1. The Bertz CT molecular complexity index is 488. The van der Waals surface area contributed by atoms with Crippen molar-refractivity contribution >= 4 is 11.6 Å². The van der Waals surface area contributed by atoms with Crippen molar-refractivity contribution in [2.24, 2.45) is 5.73 Å². The first-order valence-corrected chi connectivity index (χ1v) is 6.04. The molecule has 17 heavy (non-hydrogen) atoms. The van der Waals surface area contributed by atoms with Gasteiger partial charge < -0.3 is 5.73 Å². The molecule has 90 valence electrons. The Hall–Kier alpha value is -1.32. The van der Waals surface area contributed by atoms with E-state index in [4.69, 9.17) is 17.3 Å². The van der Waals surface area contributed by atoms with Gasteiger partial charge in [-0.05, 0) is 25.5 Å². The molecule has 2 rings (SSSR count). The van der Waals surface area contributed by atoms with Gasteiger partial charge in [-0.1, -0.05) is 41.4 Å². The average Bonchev–Trinajstić information content (AvgIpc) is 2.65. The molecule has 0 fully saturated rings. The minimum Gasteiger partial charge on any atom is -0.330 e. The summed E-state index contributed by atoms with van der Waals surface area (Å²) in [5.74, 6) is 0. The van der Waals surface area contributed by atoms with Crippen molar-refractivity contribution in [1.29, 1.82) is 0 Å². The minimum atomic E-state index is 0.593. The van der Waals surface area contributed by atoms with E-state index >= 15 is 0 Å². The predicted octanol–water partition coefficient (Wildman–Crippen LogP) is 2.39. The topological polar surface area (TPSA) is 43.8 Å². The highest BCUT2D eigenvalue weighted by Gasteiger charge is 2.07. The second-order valence-electron chi connectivity index (χ2n) is 4.14. The van der Waals surface area contributed by atoms with E-state index in [-0.39, 0.29) is 0 Å². The molecule has 2 aromatic rings. The van der Waals surface area contributed by atoms with Crippen LogP contribution in [0.4, 0.5) is 0 Å². The Labute approximate surface area is 106 Å². The molecular weight excluding hydrogens is 234 g/mol. The van der Waals surface area contributed by atoms with Crippen LogP contribution < -0.4 is 5.73 Å². The number of benzene rings is 1. The van der Waals surface area contributed by atoms with Crippen LogP contribution in [0.15, 0.2) is 30.5 Å². The molecule has 0 aliphatic heterocycles. The number of aromatic nitrogens is 2. The van der Waals surface area contributed by atoms with Crippen LogP contribution in [0.5, 0.6) is 0 Å². The molecular formula is C13H16ClN3. The highest BCUT2D eigenvalue weighted by atomic mass is 35.5. The molecule has 1 heterocycles. The van der Waals surface area contributed by atoms with E-state index in [1.807, 2.05) is 0 Å². The van der Waals surface area contributed by atoms with E-state index in [1.54, 1.807) is 10.9 Å². The fourth-order valence-electron chi connectivity index (χ4n) is 1.71. The Morgan fingerprint density at radius 1 is 1.29 bits per heavy atom. The van der Waals surface area contributed by atoms with E-state index in [0.29, 0.717) is 18.2 Å². The van der Waals surface area contributed by atoms with Crippen LogP contribution >= 0.6 is 11.6 Å². The molecule has 4 heteroatoms. The highest BCUT2D eigenvalue weighted by Crippen LogP contribution is 2.17. The maximum Gasteiger partial charge on any atom is 0.130 e. The van der Waals surface area contributed by atoms with Crippen LogP contribution in [0.3, 0.4) is 0 Å². The van der Waals surface area contributed by atoms with Crippen LogP contribution in [0.2, 0.25) is 5.15 Å². The normalized spacial score (nSPS) is 10.8. The van der Waals surface area contributed by atoms with Gasteiger partial charge in [-0.2, -0.15) is 5.10 Å². The molecule has 3 nitrogen and oxygen atoms in total. The Balaban J connectivity index is 2.16. The lowest BCUT2D eigenvalue weighted by atomic mass is 10.1. The van der Waals surface area contributed by atoms with Crippen molar-refractivity contribution in [1.82, 2.24) is 9.78 Å². The van der Waals surface area contributed by atoms with E-state index < -0.39 is 0 Å². The summed E-state index contributed by atoms with van der Waals surface area (Å²) >= 11 is 6.23. The molecule has 0 radical (unpaired) electrons. The summed E-state index contributed by atoms with van der Waals surface area (Å²) in [7, 11) is 0. The van der Waals surface area contributed by atoms with Gasteiger partial charge in [0.1, 0.15) is 5.15 Å². The van der Waals surface area contributed by atoms with Gasteiger partial charge in [0, 0.05) is 5.56 Å². The van der Waals surface area contributed by atoms with Crippen LogP contribution in [-0.4, -0.2) is 16.3 Å². The first-order chi connectivity index (χ1) is 8.20. The summed E-state index contributed by atoms with van der Waals surface area (Å²) in [4.78, 5) is 0. The highest BCUT2D eigenvalue weighted by molar-refractivity contribution is 6.30. The van der Waals surface area contributed by atoms with E-state index in [2.05, 4.69) is 36.3 Å². The van der Waals surface area contributed by atoms with Crippen molar-refractivity contribution in [2.45, 2.75) is 19.9 Å². The Kier molecular flexibility index (Phi) is 3.82. The van der Waals surface area contributed by atoms with Gasteiger partial charge in [0.15, 0.2) is 0 Å². The molecule has 1 aromatic carbocycles. The molecule has 0 unspecified atom stereocenters. The number of nitrogens with two attached hydrogens (primary N) is 1. The monoisotopic (exact) mass is 249 g/mol. The van der Waals surface area contributed by atoms with Crippen LogP contribution in [0, 0.1) is 6.92 Å². The van der Waals surface area contributed by atoms with E-state index in [1.165, 1.54) is 11.1 Å². The molecule has 0 bridgehead atoms. The zero-order chi connectivity index (χ0) is 12.3. The standard InChI is InChI=1S/C13H16ClN3/c1-10-2-4-11(5-3-10)9-17-13(14)12(6-7-15)8-16-17/h2-5,8H,6-7,9,15H2,1H3. The third-order valence-corrected chi connectivity index (χ3v) is 3.15. The van der Waals surface area contributed by atoms with Crippen LogP contribution in [-0.2, 0) is 13.0 Å². The second kappa shape index (κ2) is 5.34. The quantitative estimate of drug-likeness (QED) is 0.904. The van der Waals surface area contributed by atoms with E-state index in [0.717, 1.165) is 12.0 Å². The fraction of sp³-hybridized carbons (Fsp3) is 0.308. The molecule has 0 saturated carbocycles. The zero-order valence-corrected chi connectivity index (χ0v) is 10.6. The molecule has 1 aromatic heterocycles. The third-order valence-electron chi connectivity index (χ3n) is 2.71. The van der Waals surface area contributed by atoms with Gasteiger partial charge in [-0.3, -0.25) is 0 Å². The molecule has 0 aliphatic carbocycles. The fourth-order valence-corrected chi connectivity index (χ4v) is 1.96. The predicted molar refractivity (Wildman–Crippen MR) is 70.3 cm³/mol. The minimum absolute atomic E-state index is 0.593. The average molecular weight is 250 g/mol. The molecule has 0 spiro atoms. The summed E-state index contributed by atoms with van der Waals surface area (Å²) in [6, 6.07) is 8.37.